The van der Waals surface area contributed by atoms with Crippen LogP contribution in [0.5, 0.6) is 17.2 Å². The molecule has 17 heavy (non-hydrogen) atoms. The first-order chi connectivity index (χ1) is 8.21. The van der Waals surface area contributed by atoms with Crippen LogP contribution in [0.4, 0.5) is 0 Å². The van der Waals surface area contributed by atoms with E-state index in [9.17, 15) is 0 Å². The van der Waals surface area contributed by atoms with E-state index in [4.69, 9.17) is 14.2 Å². The van der Waals surface area contributed by atoms with E-state index in [0.29, 0.717) is 11.7 Å². The Bertz CT molecular complexity index is 375. The first-order valence-corrected chi connectivity index (χ1v) is 6.01. The highest BCUT2D eigenvalue weighted by Gasteiger charge is 2.29. The first kappa shape index (κ1) is 12.1. The summed E-state index contributed by atoms with van der Waals surface area (Å²) in [7, 11) is 4.95. The van der Waals surface area contributed by atoms with Gasteiger partial charge in [-0.3, -0.25) is 0 Å². The summed E-state index contributed by atoms with van der Waals surface area (Å²) in [6.07, 6.45) is 2.56. The van der Waals surface area contributed by atoms with Gasteiger partial charge in [0.2, 0.25) is 5.75 Å². The Hall–Kier alpha value is -1.38. The number of ether oxygens (including phenoxy) is 3. The first-order valence-electron chi connectivity index (χ1n) is 6.01. The van der Waals surface area contributed by atoms with Gasteiger partial charge in [-0.1, -0.05) is 6.92 Å². The summed E-state index contributed by atoms with van der Waals surface area (Å²) in [5, 5.41) is 0. The molecule has 0 aliphatic heterocycles. The van der Waals surface area contributed by atoms with Gasteiger partial charge in [-0.05, 0) is 42.4 Å². The van der Waals surface area contributed by atoms with E-state index in [1.807, 2.05) is 0 Å². The molecular formula is C14H20O3. The number of methoxy groups -OCH3 is 3. The topological polar surface area (TPSA) is 27.7 Å². The van der Waals surface area contributed by atoms with Crippen molar-refractivity contribution in [1.29, 1.82) is 0 Å². The van der Waals surface area contributed by atoms with Gasteiger partial charge in [0, 0.05) is 0 Å². The van der Waals surface area contributed by atoms with E-state index in [1.165, 1.54) is 18.4 Å². The van der Waals surface area contributed by atoms with Crippen molar-refractivity contribution in [1.82, 2.24) is 0 Å². The molecule has 2 rings (SSSR count). The zero-order chi connectivity index (χ0) is 12.4. The van der Waals surface area contributed by atoms with Crippen molar-refractivity contribution in [2.24, 2.45) is 5.92 Å². The van der Waals surface area contributed by atoms with Crippen LogP contribution in [-0.2, 0) is 0 Å². The summed E-state index contributed by atoms with van der Waals surface area (Å²) in [4.78, 5) is 0. The van der Waals surface area contributed by atoms with E-state index < -0.39 is 0 Å². The van der Waals surface area contributed by atoms with E-state index in [-0.39, 0.29) is 0 Å². The quantitative estimate of drug-likeness (QED) is 0.803. The lowest BCUT2D eigenvalue weighted by Crippen LogP contribution is -2.20. The molecule has 3 nitrogen and oxygen atoms in total. The van der Waals surface area contributed by atoms with Gasteiger partial charge in [-0.2, -0.15) is 0 Å². The van der Waals surface area contributed by atoms with E-state index in [1.54, 1.807) is 21.3 Å². The van der Waals surface area contributed by atoms with E-state index >= 15 is 0 Å². The van der Waals surface area contributed by atoms with Crippen LogP contribution in [0.15, 0.2) is 12.1 Å². The summed E-state index contributed by atoms with van der Waals surface area (Å²) in [6.45, 7) is 2.29. The second-order valence-electron chi connectivity index (χ2n) is 4.62. The van der Waals surface area contributed by atoms with Crippen molar-refractivity contribution >= 4 is 0 Å². The van der Waals surface area contributed by atoms with Crippen molar-refractivity contribution in [3.63, 3.8) is 0 Å². The molecule has 94 valence electrons. The third kappa shape index (κ3) is 2.06. The monoisotopic (exact) mass is 236 g/mol. The molecule has 0 heterocycles. The predicted molar refractivity (Wildman–Crippen MR) is 67.2 cm³/mol. The summed E-state index contributed by atoms with van der Waals surface area (Å²) < 4.78 is 16.1. The lowest BCUT2D eigenvalue weighted by molar-refractivity contribution is 0.276. The smallest absolute Gasteiger partial charge is 0.203 e. The standard InChI is InChI=1S/C14H20O3/c1-9-5-6-11(9)10-7-12(15-2)14(17-4)13(8-10)16-3/h7-9,11H,5-6H2,1-4H3/t9-,11-/m0/s1. The van der Waals surface area contributed by atoms with Crippen LogP contribution in [-0.4, -0.2) is 21.3 Å². The summed E-state index contributed by atoms with van der Waals surface area (Å²) in [6, 6.07) is 4.14. The molecule has 2 atom stereocenters. The van der Waals surface area contributed by atoms with Gasteiger partial charge < -0.3 is 14.2 Å². The summed E-state index contributed by atoms with van der Waals surface area (Å²) >= 11 is 0. The van der Waals surface area contributed by atoms with Gasteiger partial charge in [0.25, 0.3) is 0 Å². The van der Waals surface area contributed by atoms with E-state index in [0.717, 1.165) is 17.4 Å². The minimum atomic E-state index is 0.628. The molecule has 0 unspecified atom stereocenters. The maximum Gasteiger partial charge on any atom is 0.203 e. The van der Waals surface area contributed by atoms with Crippen LogP contribution in [0, 0.1) is 5.92 Å². The SMILES string of the molecule is COc1cc([C@H]2CC[C@@H]2C)cc(OC)c1OC. The molecule has 0 amide bonds. The minimum Gasteiger partial charge on any atom is -0.493 e. The van der Waals surface area contributed by atoms with Crippen molar-refractivity contribution in [2.75, 3.05) is 21.3 Å². The van der Waals surface area contributed by atoms with E-state index in [2.05, 4.69) is 19.1 Å². The van der Waals surface area contributed by atoms with Gasteiger partial charge in [0.05, 0.1) is 21.3 Å². The van der Waals surface area contributed by atoms with Gasteiger partial charge in [-0.15, -0.1) is 0 Å². The van der Waals surface area contributed by atoms with Crippen LogP contribution in [0.3, 0.4) is 0 Å². The molecule has 1 aliphatic rings. The average molecular weight is 236 g/mol. The van der Waals surface area contributed by atoms with Crippen LogP contribution in [0.25, 0.3) is 0 Å². The van der Waals surface area contributed by atoms with Gasteiger partial charge in [-0.25, -0.2) is 0 Å². The molecule has 0 bridgehead atoms. The number of rotatable bonds is 4. The molecule has 0 N–H and O–H groups in total. The molecule has 0 saturated heterocycles. The van der Waals surface area contributed by atoms with Crippen LogP contribution in [0.1, 0.15) is 31.2 Å². The molecule has 1 aromatic rings. The Morgan fingerprint density at radius 1 is 0.941 bits per heavy atom. The third-order valence-corrected chi connectivity index (χ3v) is 3.74. The highest BCUT2D eigenvalue weighted by molar-refractivity contribution is 5.54. The van der Waals surface area contributed by atoms with Crippen LogP contribution in [0.2, 0.25) is 0 Å². The Morgan fingerprint density at radius 3 is 1.82 bits per heavy atom. The summed E-state index contributed by atoms with van der Waals surface area (Å²) in [5.41, 5.74) is 1.29. The predicted octanol–water partition coefficient (Wildman–Crippen LogP) is 3.23. The fourth-order valence-electron chi connectivity index (χ4n) is 2.48. The van der Waals surface area contributed by atoms with Gasteiger partial charge in [0.1, 0.15) is 0 Å². The molecule has 0 aromatic heterocycles. The fourth-order valence-corrected chi connectivity index (χ4v) is 2.48. The molecule has 3 heteroatoms. The number of benzene rings is 1. The highest BCUT2D eigenvalue weighted by atomic mass is 16.5. The Labute approximate surface area is 103 Å². The highest BCUT2D eigenvalue weighted by Crippen LogP contribution is 2.47. The molecule has 0 radical (unpaired) electrons. The Morgan fingerprint density at radius 2 is 1.53 bits per heavy atom. The van der Waals surface area contributed by atoms with Crippen molar-refractivity contribution in [3.05, 3.63) is 17.7 Å². The van der Waals surface area contributed by atoms with Crippen molar-refractivity contribution in [3.8, 4) is 17.2 Å². The zero-order valence-electron chi connectivity index (χ0n) is 10.9. The molecule has 1 aromatic carbocycles. The van der Waals surface area contributed by atoms with Crippen LogP contribution >= 0.6 is 0 Å². The molecule has 1 fully saturated rings. The second-order valence-corrected chi connectivity index (χ2v) is 4.62. The summed E-state index contributed by atoms with van der Waals surface area (Å²) in [5.74, 6) is 3.55. The number of hydrogen-bond acceptors (Lipinski definition) is 3. The lowest BCUT2D eigenvalue weighted by Gasteiger charge is -2.34. The Kier molecular flexibility index (Phi) is 3.46. The van der Waals surface area contributed by atoms with Gasteiger partial charge in [0.15, 0.2) is 11.5 Å². The Balaban J connectivity index is 2.41. The van der Waals surface area contributed by atoms with Crippen molar-refractivity contribution in [2.45, 2.75) is 25.7 Å². The maximum atomic E-state index is 5.37. The normalized spacial score (nSPS) is 22.8. The zero-order valence-corrected chi connectivity index (χ0v) is 10.9. The molecule has 0 spiro atoms. The second kappa shape index (κ2) is 4.86. The molecule has 1 saturated carbocycles. The number of hydrogen-bond donors (Lipinski definition) is 0. The average Bonchev–Trinajstić information content (AvgIpc) is 2.35. The lowest BCUT2D eigenvalue weighted by atomic mass is 9.71. The largest absolute Gasteiger partial charge is 0.493 e. The van der Waals surface area contributed by atoms with Gasteiger partial charge >= 0.3 is 0 Å². The van der Waals surface area contributed by atoms with Crippen LogP contribution < -0.4 is 14.2 Å². The molecule has 1 aliphatic carbocycles. The fraction of sp³-hybridized carbons (Fsp3) is 0.571. The maximum absolute atomic E-state index is 5.37. The minimum absolute atomic E-state index is 0.628. The third-order valence-electron chi connectivity index (χ3n) is 3.74. The van der Waals surface area contributed by atoms with Crippen molar-refractivity contribution < 1.29 is 14.2 Å². The molecular weight excluding hydrogens is 216 g/mol.